The van der Waals surface area contributed by atoms with Gasteiger partial charge in [-0.25, -0.2) is 4.68 Å². The van der Waals surface area contributed by atoms with Gasteiger partial charge in [-0.3, -0.25) is 0 Å². The van der Waals surface area contributed by atoms with Gasteiger partial charge >= 0.3 is 0 Å². The van der Waals surface area contributed by atoms with Crippen LogP contribution in [0, 0.1) is 6.92 Å². The van der Waals surface area contributed by atoms with Crippen molar-refractivity contribution < 1.29 is 4.74 Å². The van der Waals surface area contributed by atoms with Crippen molar-refractivity contribution in [2.45, 2.75) is 32.7 Å². The number of benzene rings is 1. The first-order valence-electron chi connectivity index (χ1n) is 6.84. The largest absolute Gasteiger partial charge is 0.399 e. The summed E-state index contributed by atoms with van der Waals surface area (Å²) in [7, 11) is 1.72. The quantitative estimate of drug-likeness (QED) is 0.618. The molecule has 1 aromatic carbocycles. The van der Waals surface area contributed by atoms with E-state index in [9.17, 15) is 0 Å². The highest BCUT2D eigenvalue weighted by Crippen LogP contribution is 2.23. The molecular weight excluding hydrogens is 254 g/mol. The molecule has 0 spiro atoms. The summed E-state index contributed by atoms with van der Waals surface area (Å²) in [6, 6.07) is 5.79. The first-order chi connectivity index (χ1) is 9.72. The van der Waals surface area contributed by atoms with E-state index < -0.39 is 0 Å². The molecule has 0 aliphatic rings. The van der Waals surface area contributed by atoms with Gasteiger partial charge in [-0.1, -0.05) is 6.07 Å². The molecule has 2 N–H and O–H groups in total. The molecule has 2 aromatic rings. The number of aryl methyl sites for hydroxylation is 2. The minimum atomic E-state index is 0.722. The van der Waals surface area contributed by atoms with Crippen LogP contribution < -0.4 is 5.73 Å². The van der Waals surface area contributed by atoms with Crippen molar-refractivity contribution in [3.8, 4) is 11.4 Å². The summed E-state index contributed by atoms with van der Waals surface area (Å²) >= 11 is 0. The van der Waals surface area contributed by atoms with Crippen LogP contribution in [-0.2, 0) is 11.3 Å². The third-order valence-corrected chi connectivity index (χ3v) is 3.25. The zero-order valence-corrected chi connectivity index (χ0v) is 12.0. The Balaban J connectivity index is 2.06. The SMILES string of the molecule is COCCCCCn1nnnc1-c1cc(N)ccc1C. The van der Waals surface area contributed by atoms with E-state index in [1.54, 1.807) is 7.11 Å². The zero-order valence-electron chi connectivity index (χ0n) is 12.0. The topological polar surface area (TPSA) is 78.8 Å². The van der Waals surface area contributed by atoms with Gasteiger partial charge in [-0.15, -0.1) is 5.10 Å². The monoisotopic (exact) mass is 275 g/mol. The molecule has 0 amide bonds. The number of hydrogen-bond acceptors (Lipinski definition) is 5. The Bertz CT molecular complexity index is 552. The standard InChI is InChI=1S/C14H21N5O/c1-11-6-7-12(15)10-13(11)14-16-17-18-19(14)8-4-3-5-9-20-2/h6-7,10H,3-5,8-9,15H2,1-2H3. The second-order valence-electron chi connectivity index (χ2n) is 4.85. The number of hydrogen-bond donors (Lipinski definition) is 1. The van der Waals surface area contributed by atoms with Gasteiger partial charge in [0.1, 0.15) is 0 Å². The molecule has 0 aliphatic heterocycles. The first-order valence-corrected chi connectivity index (χ1v) is 6.84. The molecule has 2 rings (SSSR count). The van der Waals surface area contributed by atoms with Crippen molar-refractivity contribution in [1.82, 2.24) is 20.2 Å². The van der Waals surface area contributed by atoms with Crippen LogP contribution in [0.25, 0.3) is 11.4 Å². The van der Waals surface area contributed by atoms with E-state index in [0.29, 0.717) is 0 Å². The number of ether oxygens (including phenoxy) is 1. The number of tetrazole rings is 1. The molecule has 0 radical (unpaired) electrons. The molecule has 6 nitrogen and oxygen atoms in total. The summed E-state index contributed by atoms with van der Waals surface area (Å²) in [4.78, 5) is 0. The van der Waals surface area contributed by atoms with Crippen LogP contribution >= 0.6 is 0 Å². The van der Waals surface area contributed by atoms with E-state index in [4.69, 9.17) is 10.5 Å². The molecule has 108 valence electrons. The van der Waals surface area contributed by atoms with Crippen molar-refractivity contribution in [3.05, 3.63) is 23.8 Å². The van der Waals surface area contributed by atoms with Gasteiger partial charge in [0.25, 0.3) is 0 Å². The highest BCUT2D eigenvalue weighted by atomic mass is 16.5. The maximum Gasteiger partial charge on any atom is 0.182 e. The fourth-order valence-corrected chi connectivity index (χ4v) is 2.11. The average Bonchev–Trinajstić information content (AvgIpc) is 2.89. The van der Waals surface area contributed by atoms with Crippen LogP contribution in [0.3, 0.4) is 0 Å². The van der Waals surface area contributed by atoms with Crippen molar-refractivity contribution in [2.24, 2.45) is 0 Å². The highest BCUT2D eigenvalue weighted by molar-refractivity contribution is 5.65. The fraction of sp³-hybridized carbons (Fsp3) is 0.500. The summed E-state index contributed by atoms with van der Waals surface area (Å²) in [5, 5.41) is 12.0. The molecule has 0 saturated carbocycles. The maximum absolute atomic E-state index is 5.85. The van der Waals surface area contributed by atoms with Gasteiger partial charge in [0.05, 0.1) is 0 Å². The molecule has 6 heteroatoms. The normalized spacial score (nSPS) is 10.9. The first kappa shape index (κ1) is 14.5. The van der Waals surface area contributed by atoms with E-state index in [0.717, 1.165) is 55.1 Å². The van der Waals surface area contributed by atoms with Crippen LogP contribution in [0.1, 0.15) is 24.8 Å². The Morgan fingerprint density at radius 3 is 2.90 bits per heavy atom. The molecule has 0 unspecified atom stereocenters. The van der Waals surface area contributed by atoms with Crippen LogP contribution in [-0.4, -0.2) is 33.9 Å². The van der Waals surface area contributed by atoms with Crippen LogP contribution in [0.5, 0.6) is 0 Å². The number of aromatic nitrogens is 4. The number of nitrogen functional groups attached to an aromatic ring is 1. The Morgan fingerprint density at radius 2 is 2.10 bits per heavy atom. The van der Waals surface area contributed by atoms with Gasteiger partial charge < -0.3 is 10.5 Å². The number of unbranched alkanes of at least 4 members (excludes halogenated alkanes) is 2. The number of anilines is 1. The summed E-state index contributed by atoms with van der Waals surface area (Å²) in [6.07, 6.45) is 3.19. The highest BCUT2D eigenvalue weighted by Gasteiger charge is 2.11. The predicted octanol–water partition coefficient (Wildman–Crippen LogP) is 2.05. The van der Waals surface area contributed by atoms with Crippen LogP contribution in [0.15, 0.2) is 18.2 Å². The Labute approximate surface area is 118 Å². The smallest absolute Gasteiger partial charge is 0.182 e. The average molecular weight is 275 g/mol. The van der Waals surface area contributed by atoms with Crippen molar-refractivity contribution in [1.29, 1.82) is 0 Å². The zero-order chi connectivity index (χ0) is 14.4. The number of methoxy groups -OCH3 is 1. The Morgan fingerprint density at radius 1 is 1.25 bits per heavy atom. The van der Waals surface area contributed by atoms with Gasteiger partial charge in [0.2, 0.25) is 0 Å². The number of nitrogens with zero attached hydrogens (tertiary/aromatic N) is 4. The number of nitrogens with two attached hydrogens (primary N) is 1. The van der Waals surface area contributed by atoms with E-state index in [1.807, 2.05) is 29.8 Å². The third-order valence-electron chi connectivity index (χ3n) is 3.25. The predicted molar refractivity (Wildman–Crippen MR) is 78.1 cm³/mol. The maximum atomic E-state index is 5.85. The lowest BCUT2D eigenvalue weighted by molar-refractivity contribution is 0.191. The van der Waals surface area contributed by atoms with Crippen LogP contribution in [0.2, 0.25) is 0 Å². The minimum absolute atomic E-state index is 0.722. The molecule has 0 atom stereocenters. The Kier molecular flexibility index (Phi) is 5.06. The summed E-state index contributed by atoms with van der Waals surface area (Å²) in [5.41, 5.74) is 8.68. The molecule has 0 aliphatic carbocycles. The molecule has 0 fully saturated rings. The lowest BCUT2D eigenvalue weighted by Gasteiger charge is -2.08. The van der Waals surface area contributed by atoms with E-state index in [-0.39, 0.29) is 0 Å². The Hall–Kier alpha value is -1.95. The molecule has 0 saturated heterocycles. The second-order valence-corrected chi connectivity index (χ2v) is 4.85. The molecule has 1 heterocycles. The summed E-state index contributed by atoms with van der Waals surface area (Å²) in [6.45, 7) is 3.64. The second kappa shape index (κ2) is 7.00. The lowest BCUT2D eigenvalue weighted by atomic mass is 10.1. The van der Waals surface area contributed by atoms with E-state index in [2.05, 4.69) is 15.5 Å². The molecular formula is C14H21N5O. The van der Waals surface area contributed by atoms with E-state index in [1.165, 1.54) is 0 Å². The summed E-state index contributed by atoms with van der Waals surface area (Å²) in [5.74, 6) is 0.779. The third kappa shape index (κ3) is 3.54. The number of rotatable bonds is 7. The molecule has 20 heavy (non-hydrogen) atoms. The lowest BCUT2D eigenvalue weighted by Crippen LogP contribution is -2.04. The van der Waals surface area contributed by atoms with Crippen molar-refractivity contribution in [3.63, 3.8) is 0 Å². The van der Waals surface area contributed by atoms with Gasteiger partial charge in [0, 0.05) is 31.5 Å². The van der Waals surface area contributed by atoms with Crippen LogP contribution in [0.4, 0.5) is 5.69 Å². The fourth-order valence-electron chi connectivity index (χ4n) is 2.11. The molecule has 0 bridgehead atoms. The minimum Gasteiger partial charge on any atom is -0.399 e. The molecule has 1 aromatic heterocycles. The van der Waals surface area contributed by atoms with Gasteiger partial charge in [-0.2, -0.15) is 0 Å². The van der Waals surface area contributed by atoms with Gasteiger partial charge in [0.15, 0.2) is 5.82 Å². The van der Waals surface area contributed by atoms with Crippen molar-refractivity contribution in [2.75, 3.05) is 19.5 Å². The summed E-state index contributed by atoms with van der Waals surface area (Å²) < 4.78 is 6.88. The van der Waals surface area contributed by atoms with Crippen molar-refractivity contribution >= 4 is 5.69 Å². The van der Waals surface area contributed by atoms with E-state index >= 15 is 0 Å². The van der Waals surface area contributed by atoms with Gasteiger partial charge in [-0.05, 0) is 54.3 Å².